The normalized spacial score (nSPS) is 27.6. The molecule has 0 saturated heterocycles. The van der Waals surface area contributed by atoms with Gasteiger partial charge >= 0.3 is 0 Å². The Morgan fingerprint density at radius 2 is 2.06 bits per heavy atom. The minimum Gasteiger partial charge on any atom is -0.489 e. The van der Waals surface area contributed by atoms with Crippen LogP contribution in [0.5, 0.6) is 5.75 Å². The van der Waals surface area contributed by atoms with Crippen LogP contribution in [0.1, 0.15) is 38.7 Å². The van der Waals surface area contributed by atoms with E-state index in [2.05, 4.69) is 19.9 Å². The number of hydrogen-bond acceptors (Lipinski definition) is 2. The molecule has 1 aliphatic carbocycles. The number of nitrogens with zero attached hydrogens (tertiary/aromatic N) is 1. The van der Waals surface area contributed by atoms with E-state index in [-0.39, 0.29) is 6.10 Å². The standard InChI is InChI=1S/C15H18ClNO/c1-10-3-5-14(7-11(10)2)18-15-6-4-13(16)8-12(15)9-17/h4,6,8,10-11,14H,3,5,7H2,1-2H3. The summed E-state index contributed by atoms with van der Waals surface area (Å²) in [6, 6.07) is 7.36. The second kappa shape index (κ2) is 5.63. The summed E-state index contributed by atoms with van der Waals surface area (Å²) in [5.74, 6) is 2.11. The van der Waals surface area contributed by atoms with Crippen LogP contribution in [0.15, 0.2) is 18.2 Å². The minimum absolute atomic E-state index is 0.226. The number of ether oxygens (including phenoxy) is 1. The Labute approximate surface area is 114 Å². The lowest BCUT2D eigenvalue weighted by Gasteiger charge is -2.32. The highest BCUT2D eigenvalue weighted by atomic mass is 35.5. The molecule has 0 radical (unpaired) electrons. The first-order chi connectivity index (χ1) is 8.60. The van der Waals surface area contributed by atoms with Gasteiger partial charge in [-0.25, -0.2) is 0 Å². The van der Waals surface area contributed by atoms with Crippen molar-refractivity contribution in [3.05, 3.63) is 28.8 Å². The van der Waals surface area contributed by atoms with Crippen LogP contribution in [0.4, 0.5) is 0 Å². The lowest BCUT2D eigenvalue weighted by atomic mass is 9.80. The van der Waals surface area contributed by atoms with Gasteiger partial charge < -0.3 is 4.74 Å². The Morgan fingerprint density at radius 3 is 2.72 bits per heavy atom. The fourth-order valence-electron chi connectivity index (χ4n) is 2.48. The van der Waals surface area contributed by atoms with E-state index in [0.717, 1.165) is 18.8 Å². The summed E-state index contributed by atoms with van der Waals surface area (Å²) in [5.41, 5.74) is 0.522. The molecule has 96 valence electrons. The van der Waals surface area contributed by atoms with Gasteiger partial charge in [0.15, 0.2) is 0 Å². The van der Waals surface area contributed by atoms with Crippen LogP contribution in [0, 0.1) is 23.2 Å². The van der Waals surface area contributed by atoms with Crippen molar-refractivity contribution in [2.75, 3.05) is 0 Å². The van der Waals surface area contributed by atoms with Crippen molar-refractivity contribution >= 4 is 11.6 Å². The second-order valence-electron chi connectivity index (χ2n) is 5.26. The smallest absolute Gasteiger partial charge is 0.137 e. The van der Waals surface area contributed by atoms with Gasteiger partial charge in [0.25, 0.3) is 0 Å². The number of hydrogen-bond donors (Lipinski definition) is 0. The average Bonchev–Trinajstić information content (AvgIpc) is 2.36. The zero-order chi connectivity index (χ0) is 13.1. The lowest BCUT2D eigenvalue weighted by molar-refractivity contribution is 0.100. The number of benzene rings is 1. The van der Waals surface area contributed by atoms with Gasteiger partial charge in [-0.15, -0.1) is 0 Å². The fraction of sp³-hybridized carbons (Fsp3) is 0.533. The van der Waals surface area contributed by atoms with E-state index in [1.807, 2.05) is 0 Å². The second-order valence-corrected chi connectivity index (χ2v) is 5.70. The molecule has 2 nitrogen and oxygen atoms in total. The highest BCUT2D eigenvalue weighted by molar-refractivity contribution is 6.30. The molecule has 1 aromatic rings. The number of halogens is 1. The van der Waals surface area contributed by atoms with E-state index in [9.17, 15) is 0 Å². The lowest BCUT2D eigenvalue weighted by Crippen LogP contribution is -2.28. The zero-order valence-electron chi connectivity index (χ0n) is 10.8. The van der Waals surface area contributed by atoms with Crippen molar-refractivity contribution in [1.29, 1.82) is 5.26 Å². The van der Waals surface area contributed by atoms with Gasteiger partial charge in [0.2, 0.25) is 0 Å². The van der Waals surface area contributed by atoms with Crippen molar-refractivity contribution in [2.45, 2.75) is 39.2 Å². The van der Waals surface area contributed by atoms with E-state index in [4.69, 9.17) is 21.6 Å². The molecular weight excluding hydrogens is 246 g/mol. The molecule has 0 bridgehead atoms. The van der Waals surface area contributed by atoms with Crippen molar-refractivity contribution < 1.29 is 4.74 Å². The van der Waals surface area contributed by atoms with E-state index >= 15 is 0 Å². The predicted molar refractivity (Wildman–Crippen MR) is 72.8 cm³/mol. The van der Waals surface area contributed by atoms with Gasteiger partial charge in [-0.2, -0.15) is 5.26 Å². The van der Waals surface area contributed by atoms with Crippen LogP contribution in [-0.2, 0) is 0 Å². The van der Waals surface area contributed by atoms with Gasteiger partial charge in [0.05, 0.1) is 11.7 Å². The molecule has 1 fully saturated rings. The Hall–Kier alpha value is -1.20. The molecule has 2 rings (SSSR count). The Balaban J connectivity index is 2.08. The van der Waals surface area contributed by atoms with E-state index in [1.54, 1.807) is 18.2 Å². The molecule has 18 heavy (non-hydrogen) atoms. The Bertz CT molecular complexity index is 466. The molecule has 0 spiro atoms. The van der Waals surface area contributed by atoms with E-state index in [0.29, 0.717) is 22.3 Å². The van der Waals surface area contributed by atoms with Crippen molar-refractivity contribution in [1.82, 2.24) is 0 Å². The third-order valence-corrected chi connectivity index (χ3v) is 4.14. The molecule has 3 heteroatoms. The van der Waals surface area contributed by atoms with Crippen molar-refractivity contribution in [3.8, 4) is 11.8 Å². The number of rotatable bonds is 2. The Kier molecular flexibility index (Phi) is 4.14. The fourth-order valence-corrected chi connectivity index (χ4v) is 2.65. The van der Waals surface area contributed by atoms with E-state index in [1.165, 1.54) is 6.42 Å². The quantitative estimate of drug-likeness (QED) is 0.792. The zero-order valence-corrected chi connectivity index (χ0v) is 11.6. The van der Waals surface area contributed by atoms with Crippen LogP contribution < -0.4 is 4.74 Å². The first-order valence-corrected chi connectivity index (χ1v) is 6.84. The molecule has 1 aromatic carbocycles. The van der Waals surface area contributed by atoms with Crippen LogP contribution in [-0.4, -0.2) is 6.10 Å². The van der Waals surface area contributed by atoms with Gasteiger partial charge in [-0.05, 0) is 49.3 Å². The maximum absolute atomic E-state index is 9.08. The summed E-state index contributed by atoms with van der Waals surface area (Å²) in [5, 5.41) is 9.65. The average molecular weight is 264 g/mol. The molecule has 0 aliphatic heterocycles. The van der Waals surface area contributed by atoms with E-state index < -0.39 is 0 Å². The minimum atomic E-state index is 0.226. The molecule has 3 unspecified atom stereocenters. The first-order valence-electron chi connectivity index (χ1n) is 6.46. The summed E-state index contributed by atoms with van der Waals surface area (Å²) >= 11 is 5.87. The summed E-state index contributed by atoms with van der Waals surface area (Å²) in [4.78, 5) is 0. The van der Waals surface area contributed by atoms with Gasteiger partial charge in [0.1, 0.15) is 11.8 Å². The van der Waals surface area contributed by atoms with Gasteiger partial charge in [-0.1, -0.05) is 25.4 Å². The van der Waals surface area contributed by atoms with Crippen molar-refractivity contribution in [3.63, 3.8) is 0 Å². The maximum atomic E-state index is 9.08. The van der Waals surface area contributed by atoms with Crippen LogP contribution in [0.3, 0.4) is 0 Å². The monoisotopic (exact) mass is 263 g/mol. The molecule has 3 atom stereocenters. The maximum Gasteiger partial charge on any atom is 0.137 e. The highest BCUT2D eigenvalue weighted by Gasteiger charge is 2.26. The predicted octanol–water partition coefficient (Wildman–Crippen LogP) is 4.42. The third kappa shape index (κ3) is 2.97. The largest absolute Gasteiger partial charge is 0.489 e. The molecule has 1 aliphatic rings. The molecule has 0 heterocycles. The summed E-state index contributed by atoms with van der Waals surface area (Å²) in [6.07, 6.45) is 3.55. The summed E-state index contributed by atoms with van der Waals surface area (Å²) in [6.45, 7) is 4.57. The molecular formula is C15H18ClNO. The molecule has 0 N–H and O–H groups in total. The highest BCUT2D eigenvalue weighted by Crippen LogP contribution is 2.33. The third-order valence-electron chi connectivity index (χ3n) is 3.91. The molecule has 1 saturated carbocycles. The van der Waals surface area contributed by atoms with Crippen LogP contribution >= 0.6 is 11.6 Å². The summed E-state index contributed by atoms with van der Waals surface area (Å²) in [7, 11) is 0. The first kappa shape index (κ1) is 13.2. The molecule has 0 amide bonds. The topological polar surface area (TPSA) is 33.0 Å². The summed E-state index contributed by atoms with van der Waals surface area (Å²) < 4.78 is 5.97. The number of nitriles is 1. The van der Waals surface area contributed by atoms with Gasteiger partial charge in [-0.3, -0.25) is 0 Å². The molecule has 0 aromatic heterocycles. The Morgan fingerprint density at radius 1 is 1.28 bits per heavy atom. The van der Waals surface area contributed by atoms with Crippen LogP contribution in [0.25, 0.3) is 0 Å². The van der Waals surface area contributed by atoms with Crippen LogP contribution in [0.2, 0.25) is 5.02 Å². The van der Waals surface area contributed by atoms with Crippen molar-refractivity contribution in [2.24, 2.45) is 11.8 Å². The SMILES string of the molecule is CC1CCC(Oc2ccc(Cl)cc2C#N)CC1C. The van der Waals surface area contributed by atoms with Gasteiger partial charge in [0, 0.05) is 5.02 Å².